The van der Waals surface area contributed by atoms with Gasteiger partial charge in [0.15, 0.2) is 0 Å². The predicted octanol–water partition coefficient (Wildman–Crippen LogP) is 1.09. The van der Waals surface area contributed by atoms with Gasteiger partial charge in [0.1, 0.15) is 5.82 Å². The number of pyridine rings is 1. The summed E-state index contributed by atoms with van der Waals surface area (Å²) >= 11 is 0. The number of ether oxygens (including phenoxy) is 1. The number of rotatable bonds is 3. The number of aromatic nitrogens is 1. The van der Waals surface area contributed by atoms with Gasteiger partial charge >= 0.3 is 5.97 Å². The maximum Gasteiger partial charge on any atom is 0.337 e. The number of nitrogens with zero attached hydrogens (tertiary/aromatic N) is 1. The van der Waals surface area contributed by atoms with Crippen LogP contribution in [0.15, 0.2) is 12.3 Å². The third-order valence-corrected chi connectivity index (χ3v) is 3.65. The minimum Gasteiger partial charge on any atom is -0.478 e. The first-order chi connectivity index (χ1) is 8.65. The Hall–Kier alpha value is -1.82. The van der Waals surface area contributed by atoms with Crippen molar-refractivity contribution in [1.82, 2.24) is 4.98 Å². The molecule has 0 amide bonds. The molecule has 4 N–H and O–H groups in total. The fraction of sp³-hybridized carbons (Fsp3) is 0.500. The van der Waals surface area contributed by atoms with Gasteiger partial charge in [-0.15, -0.1) is 0 Å². The van der Waals surface area contributed by atoms with Crippen LogP contribution in [0.2, 0.25) is 0 Å². The van der Waals surface area contributed by atoms with Gasteiger partial charge in [-0.3, -0.25) is 0 Å². The van der Waals surface area contributed by atoms with Crippen LogP contribution in [0.4, 0.5) is 11.5 Å². The normalized spacial score (nSPS) is 29.4. The monoisotopic (exact) mass is 249 g/mol. The minimum atomic E-state index is -1.04. The molecule has 3 rings (SSSR count). The SMILES string of the molecule is Nc1c(C(=O)O)ccnc1NC1CC2CCC1O2. The smallest absolute Gasteiger partial charge is 0.337 e. The Morgan fingerprint density at radius 1 is 1.56 bits per heavy atom. The van der Waals surface area contributed by atoms with E-state index in [0.717, 1.165) is 19.3 Å². The average Bonchev–Trinajstić information content (AvgIpc) is 2.93. The van der Waals surface area contributed by atoms with Crippen LogP contribution in [0, 0.1) is 0 Å². The molecule has 18 heavy (non-hydrogen) atoms. The molecule has 1 aromatic rings. The largest absolute Gasteiger partial charge is 0.478 e. The van der Waals surface area contributed by atoms with E-state index in [9.17, 15) is 4.79 Å². The lowest BCUT2D eigenvalue weighted by Crippen LogP contribution is -2.31. The van der Waals surface area contributed by atoms with Crippen molar-refractivity contribution in [2.45, 2.75) is 37.5 Å². The number of aromatic carboxylic acids is 1. The van der Waals surface area contributed by atoms with Crippen molar-refractivity contribution >= 4 is 17.5 Å². The summed E-state index contributed by atoms with van der Waals surface area (Å²) < 4.78 is 5.73. The molecular weight excluding hydrogens is 234 g/mol. The van der Waals surface area contributed by atoms with Crippen molar-refractivity contribution < 1.29 is 14.6 Å². The summed E-state index contributed by atoms with van der Waals surface area (Å²) in [5, 5.41) is 12.2. The average molecular weight is 249 g/mol. The summed E-state index contributed by atoms with van der Waals surface area (Å²) in [4.78, 5) is 15.1. The lowest BCUT2D eigenvalue weighted by atomic mass is 9.95. The molecule has 3 atom stereocenters. The molecule has 2 fully saturated rings. The molecule has 2 aliphatic rings. The summed E-state index contributed by atoms with van der Waals surface area (Å²) in [5.74, 6) is -0.599. The van der Waals surface area contributed by atoms with E-state index in [1.807, 2.05) is 0 Å². The molecule has 3 heterocycles. The Bertz CT molecular complexity index is 491. The summed E-state index contributed by atoms with van der Waals surface area (Å²) in [6.07, 6.45) is 5.07. The Labute approximate surface area is 104 Å². The van der Waals surface area contributed by atoms with Crippen LogP contribution in [0.25, 0.3) is 0 Å². The zero-order valence-corrected chi connectivity index (χ0v) is 9.80. The van der Waals surface area contributed by atoms with E-state index in [1.54, 1.807) is 0 Å². The fourth-order valence-corrected chi connectivity index (χ4v) is 2.74. The Balaban J connectivity index is 1.81. The second kappa shape index (κ2) is 4.13. The van der Waals surface area contributed by atoms with Crippen molar-refractivity contribution in [3.63, 3.8) is 0 Å². The highest BCUT2D eigenvalue weighted by Crippen LogP contribution is 2.36. The second-order valence-electron chi connectivity index (χ2n) is 4.79. The molecule has 6 nitrogen and oxygen atoms in total. The highest BCUT2D eigenvalue weighted by atomic mass is 16.5. The number of hydrogen-bond donors (Lipinski definition) is 3. The molecular formula is C12H15N3O3. The van der Waals surface area contributed by atoms with Crippen molar-refractivity contribution in [3.8, 4) is 0 Å². The summed E-state index contributed by atoms with van der Waals surface area (Å²) in [6.45, 7) is 0. The lowest BCUT2D eigenvalue weighted by molar-refractivity contribution is 0.0698. The van der Waals surface area contributed by atoms with E-state index in [2.05, 4.69) is 10.3 Å². The number of hydrogen-bond acceptors (Lipinski definition) is 5. The number of carboxylic acids is 1. The van der Waals surface area contributed by atoms with Gasteiger partial charge < -0.3 is 20.9 Å². The molecule has 0 aromatic carbocycles. The predicted molar refractivity (Wildman–Crippen MR) is 65.5 cm³/mol. The number of nitrogens with one attached hydrogen (secondary N) is 1. The standard InChI is InChI=1S/C12H15N3O3/c13-10-7(12(16)17)3-4-14-11(10)15-8-5-6-1-2-9(8)18-6/h3-4,6,8-9H,1-2,5,13H2,(H,14,15)(H,16,17). The molecule has 6 heteroatoms. The topological polar surface area (TPSA) is 97.5 Å². The van der Waals surface area contributed by atoms with Crippen molar-refractivity contribution in [2.24, 2.45) is 0 Å². The van der Waals surface area contributed by atoms with Crippen molar-refractivity contribution in [1.29, 1.82) is 0 Å². The first-order valence-corrected chi connectivity index (χ1v) is 6.05. The van der Waals surface area contributed by atoms with Gasteiger partial charge in [-0.05, 0) is 25.3 Å². The third-order valence-electron chi connectivity index (χ3n) is 3.65. The van der Waals surface area contributed by atoms with Gasteiger partial charge in [0.05, 0.1) is 29.5 Å². The Kier molecular flexibility index (Phi) is 2.59. The van der Waals surface area contributed by atoms with Gasteiger partial charge in [-0.1, -0.05) is 0 Å². The zero-order chi connectivity index (χ0) is 12.7. The van der Waals surface area contributed by atoms with Gasteiger partial charge in [-0.25, -0.2) is 9.78 Å². The van der Waals surface area contributed by atoms with E-state index in [4.69, 9.17) is 15.6 Å². The first kappa shape index (κ1) is 11.3. The molecule has 1 aromatic heterocycles. The zero-order valence-electron chi connectivity index (χ0n) is 9.80. The van der Waals surface area contributed by atoms with Crippen LogP contribution in [0.5, 0.6) is 0 Å². The number of carboxylic acid groups (broad SMARTS) is 1. The molecule has 0 aliphatic carbocycles. The molecule has 2 bridgehead atoms. The van der Waals surface area contributed by atoms with E-state index < -0.39 is 5.97 Å². The molecule has 2 saturated heterocycles. The molecule has 0 saturated carbocycles. The summed E-state index contributed by atoms with van der Waals surface area (Å²) in [6, 6.07) is 1.59. The van der Waals surface area contributed by atoms with Crippen molar-refractivity contribution in [2.75, 3.05) is 11.1 Å². The van der Waals surface area contributed by atoms with Crippen molar-refractivity contribution in [3.05, 3.63) is 17.8 Å². The van der Waals surface area contributed by atoms with Crippen LogP contribution >= 0.6 is 0 Å². The van der Waals surface area contributed by atoms with Crippen LogP contribution < -0.4 is 11.1 Å². The molecule has 96 valence electrons. The number of fused-ring (bicyclic) bond motifs is 2. The third kappa shape index (κ3) is 1.78. The molecule has 0 radical (unpaired) electrons. The number of anilines is 2. The van der Waals surface area contributed by atoms with Gasteiger partial charge in [-0.2, -0.15) is 0 Å². The number of nitrogen functional groups attached to an aromatic ring is 1. The minimum absolute atomic E-state index is 0.0802. The number of nitrogens with two attached hydrogens (primary N) is 1. The van der Waals surface area contributed by atoms with E-state index >= 15 is 0 Å². The molecule has 3 unspecified atom stereocenters. The van der Waals surface area contributed by atoms with Crippen LogP contribution in [-0.4, -0.2) is 34.3 Å². The van der Waals surface area contributed by atoms with Gasteiger partial charge in [0, 0.05) is 6.20 Å². The number of carbonyl (C=O) groups is 1. The fourth-order valence-electron chi connectivity index (χ4n) is 2.74. The first-order valence-electron chi connectivity index (χ1n) is 6.05. The van der Waals surface area contributed by atoms with Crippen LogP contribution in [0.1, 0.15) is 29.6 Å². The summed E-state index contributed by atoms with van der Waals surface area (Å²) in [7, 11) is 0. The van der Waals surface area contributed by atoms with Crippen LogP contribution in [0.3, 0.4) is 0 Å². The van der Waals surface area contributed by atoms with E-state index in [1.165, 1.54) is 12.3 Å². The molecule has 2 aliphatic heterocycles. The lowest BCUT2D eigenvalue weighted by Gasteiger charge is -2.21. The van der Waals surface area contributed by atoms with E-state index in [0.29, 0.717) is 11.9 Å². The maximum absolute atomic E-state index is 11.0. The molecule has 0 spiro atoms. The maximum atomic E-state index is 11.0. The van der Waals surface area contributed by atoms with Crippen LogP contribution in [-0.2, 0) is 4.74 Å². The van der Waals surface area contributed by atoms with Gasteiger partial charge in [0.25, 0.3) is 0 Å². The summed E-state index contributed by atoms with van der Waals surface area (Å²) in [5.41, 5.74) is 6.08. The highest BCUT2D eigenvalue weighted by Gasteiger charge is 2.41. The Morgan fingerprint density at radius 2 is 2.39 bits per heavy atom. The Morgan fingerprint density at radius 3 is 3.00 bits per heavy atom. The van der Waals surface area contributed by atoms with Gasteiger partial charge in [0.2, 0.25) is 0 Å². The second-order valence-corrected chi connectivity index (χ2v) is 4.79. The quantitative estimate of drug-likeness (QED) is 0.742. The van der Waals surface area contributed by atoms with E-state index in [-0.39, 0.29) is 23.4 Å². The highest BCUT2D eigenvalue weighted by molar-refractivity contribution is 5.96.